The molecule has 0 amide bonds. The van der Waals surface area contributed by atoms with Crippen LogP contribution in [0.15, 0.2) is 52.2 Å². The van der Waals surface area contributed by atoms with Gasteiger partial charge in [-0.05, 0) is 10.8 Å². The summed E-state index contributed by atoms with van der Waals surface area (Å²) < 4.78 is 1.41. The van der Waals surface area contributed by atoms with Crippen molar-refractivity contribution in [3.05, 3.63) is 52.2 Å². The van der Waals surface area contributed by atoms with Gasteiger partial charge in [0.1, 0.15) is 0 Å². The molecule has 3 aromatic rings. The maximum Gasteiger partial charge on any atom is -0.00934 e. The van der Waals surface area contributed by atoms with Gasteiger partial charge in [0.25, 0.3) is 0 Å². The number of fused-ring (bicyclic) bond motifs is 1. The minimum absolute atomic E-state index is 0.511. The van der Waals surface area contributed by atoms with Gasteiger partial charge in [-0.2, -0.15) is 11.3 Å². The molecule has 0 unspecified atom stereocenters. The minimum atomic E-state index is 0.511. The van der Waals surface area contributed by atoms with E-state index in [1.807, 2.05) is 34.0 Å². The van der Waals surface area contributed by atoms with Gasteiger partial charge in [0.05, 0.1) is 0 Å². The molecule has 0 fully saturated rings. The molecule has 0 aliphatic carbocycles. The van der Waals surface area contributed by atoms with Crippen LogP contribution >= 0.6 is 11.3 Å². The van der Waals surface area contributed by atoms with Crippen LogP contribution in [-0.2, 0) is 0 Å². The number of rotatable bonds is 0. The van der Waals surface area contributed by atoms with E-state index in [-0.39, 0.29) is 0 Å². The Balaban J connectivity index is 0.000000128. The fourth-order valence-electron chi connectivity index (χ4n) is 1.03. The molecule has 0 saturated carbocycles. The topological polar surface area (TPSA) is 12.9 Å². The zero-order valence-corrected chi connectivity index (χ0v) is 9.99. The predicted molar refractivity (Wildman–Crippen MR) is 63.0 cm³/mol. The maximum absolute atomic E-state index is 4.20. The van der Waals surface area contributed by atoms with E-state index in [4.69, 9.17) is 0 Å². The van der Waals surface area contributed by atoms with Gasteiger partial charge in [-0.3, -0.25) is 0 Å². The van der Waals surface area contributed by atoms with E-state index in [2.05, 4.69) is 23.2 Å². The van der Waals surface area contributed by atoms with Gasteiger partial charge in [0.15, 0.2) is 0 Å². The molecule has 0 spiro atoms. The van der Waals surface area contributed by atoms with E-state index in [0.717, 1.165) is 5.52 Å². The molecule has 0 aliphatic heterocycles. The Hall–Kier alpha value is -0.891. The monoisotopic (exact) mass is 267 g/mol. The summed E-state index contributed by atoms with van der Waals surface area (Å²) in [4.78, 5) is 4.20. The van der Waals surface area contributed by atoms with E-state index in [1.165, 1.54) is 4.26 Å². The smallest absolute Gasteiger partial charge is 0.00934 e. The van der Waals surface area contributed by atoms with Crippen molar-refractivity contribution >= 4 is 35.6 Å². The van der Waals surface area contributed by atoms with Crippen LogP contribution in [0, 0.1) is 0 Å². The van der Waals surface area contributed by atoms with Crippen molar-refractivity contribution in [1.82, 2.24) is 4.98 Å². The van der Waals surface area contributed by atoms with Gasteiger partial charge in [0.2, 0.25) is 0 Å². The second-order valence-corrected chi connectivity index (χ2v) is 5.29. The van der Waals surface area contributed by atoms with Gasteiger partial charge in [0, 0.05) is 0 Å². The molecule has 70 valence electrons. The minimum Gasteiger partial charge on any atom is -0.152 e. The fraction of sp³-hybridized carbons (Fsp3) is 0. The van der Waals surface area contributed by atoms with E-state index < -0.39 is 0 Å². The number of thiophene rings is 1. The SMILES string of the molecule is c1ccc2[se]cnc2c1.c1ccsc1. The maximum atomic E-state index is 4.20. The molecular weight excluding hydrogens is 257 g/mol. The largest absolute Gasteiger partial charge is 0.152 e. The molecule has 0 bridgehead atoms. The molecule has 0 atom stereocenters. The van der Waals surface area contributed by atoms with Gasteiger partial charge < -0.3 is 0 Å². The third kappa shape index (κ3) is 2.55. The average Bonchev–Trinajstić information content (AvgIpc) is 2.92. The molecule has 0 saturated heterocycles. The molecule has 1 aromatic carbocycles. The average molecular weight is 266 g/mol. The summed E-state index contributed by atoms with van der Waals surface area (Å²) in [5.41, 5.74) is 1.16. The third-order valence-corrected chi connectivity index (χ3v) is 3.99. The molecule has 0 aliphatic rings. The van der Waals surface area contributed by atoms with E-state index in [9.17, 15) is 0 Å². The van der Waals surface area contributed by atoms with Crippen molar-refractivity contribution in [3.8, 4) is 0 Å². The molecule has 0 N–H and O–H groups in total. The second kappa shape index (κ2) is 5.11. The number of benzene rings is 1. The molecule has 3 rings (SSSR count). The summed E-state index contributed by atoms with van der Waals surface area (Å²) in [7, 11) is 0. The number of para-hydroxylation sites is 1. The van der Waals surface area contributed by atoms with E-state index >= 15 is 0 Å². The molecule has 14 heavy (non-hydrogen) atoms. The van der Waals surface area contributed by atoms with Gasteiger partial charge in [-0.1, -0.05) is 12.1 Å². The summed E-state index contributed by atoms with van der Waals surface area (Å²) in [6, 6.07) is 12.3. The number of nitrogens with zero attached hydrogens (tertiary/aromatic N) is 1. The van der Waals surface area contributed by atoms with Crippen molar-refractivity contribution in [2.24, 2.45) is 0 Å². The molecule has 3 heteroatoms. The van der Waals surface area contributed by atoms with Crippen LogP contribution in [0.25, 0.3) is 9.78 Å². The Labute approximate surface area is 92.8 Å². The Morgan fingerprint density at radius 1 is 1.00 bits per heavy atom. The number of hydrogen-bond acceptors (Lipinski definition) is 2. The van der Waals surface area contributed by atoms with Crippen molar-refractivity contribution < 1.29 is 0 Å². The van der Waals surface area contributed by atoms with E-state index in [1.54, 1.807) is 11.3 Å². The second-order valence-electron chi connectivity index (χ2n) is 2.61. The first-order valence-corrected chi connectivity index (χ1v) is 7.01. The van der Waals surface area contributed by atoms with Gasteiger partial charge >= 0.3 is 58.6 Å². The molecule has 2 aromatic heterocycles. The number of hydrogen-bond donors (Lipinski definition) is 0. The van der Waals surface area contributed by atoms with Gasteiger partial charge in [-0.25, -0.2) is 0 Å². The number of aromatic nitrogens is 1. The first kappa shape index (κ1) is 9.66. The first-order valence-electron chi connectivity index (χ1n) is 4.22. The van der Waals surface area contributed by atoms with Crippen LogP contribution in [0.5, 0.6) is 0 Å². The predicted octanol–water partition coefficient (Wildman–Crippen LogP) is 3.04. The molecule has 0 radical (unpaired) electrons. The van der Waals surface area contributed by atoms with Gasteiger partial charge in [-0.15, -0.1) is 0 Å². The summed E-state index contributed by atoms with van der Waals surface area (Å²) in [6.07, 6.45) is 0. The summed E-state index contributed by atoms with van der Waals surface area (Å²) in [5.74, 6) is 0. The van der Waals surface area contributed by atoms with Crippen LogP contribution in [0.4, 0.5) is 0 Å². The zero-order valence-electron chi connectivity index (χ0n) is 7.46. The molecule has 2 heterocycles. The van der Waals surface area contributed by atoms with Crippen LogP contribution in [-0.4, -0.2) is 19.5 Å². The Morgan fingerprint density at radius 3 is 2.43 bits per heavy atom. The van der Waals surface area contributed by atoms with Crippen LogP contribution in [0.2, 0.25) is 0 Å². The quantitative estimate of drug-likeness (QED) is 0.570. The Bertz CT molecular complexity index is 425. The van der Waals surface area contributed by atoms with Crippen molar-refractivity contribution in [3.63, 3.8) is 0 Å². The Morgan fingerprint density at radius 2 is 1.79 bits per heavy atom. The normalized spacial score (nSPS) is 9.43. The summed E-state index contributed by atoms with van der Waals surface area (Å²) in [5, 5.41) is 6.09. The fourth-order valence-corrected chi connectivity index (χ4v) is 2.91. The van der Waals surface area contributed by atoms with Crippen LogP contribution in [0.1, 0.15) is 0 Å². The zero-order chi connectivity index (χ0) is 9.64. The van der Waals surface area contributed by atoms with Crippen LogP contribution < -0.4 is 0 Å². The molecular formula is C11H9NSSe. The summed E-state index contributed by atoms with van der Waals surface area (Å²) >= 11 is 2.22. The van der Waals surface area contributed by atoms with Crippen molar-refractivity contribution in [2.75, 3.05) is 0 Å². The van der Waals surface area contributed by atoms with Crippen molar-refractivity contribution in [2.45, 2.75) is 0 Å². The van der Waals surface area contributed by atoms with E-state index in [0.29, 0.717) is 14.5 Å². The third-order valence-electron chi connectivity index (χ3n) is 1.66. The standard InChI is InChI=1S/C7H5NSe.C4H4S/c1-2-4-7-6(3-1)8-5-9-7;1-2-4-5-3-1/h1-5H;1-4H. The Kier molecular flexibility index (Phi) is 3.52. The molecule has 1 nitrogen and oxygen atoms in total. The first-order chi connectivity index (χ1) is 6.97. The van der Waals surface area contributed by atoms with Crippen LogP contribution in [0.3, 0.4) is 0 Å². The van der Waals surface area contributed by atoms with Crippen molar-refractivity contribution in [1.29, 1.82) is 0 Å². The summed E-state index contributed by atoms with van der Waals surface area (Å²) in [6.45, 7) is 0.